The summed E-state index contributed by atoms with van der Waals surface area (Å²) in [6.07, 6.45) is 8.08. The molecule has 2 nitrogen and oxygen atoms in total. The third kappa shape index (κ3) is 3.55. The van der Waals surface area contributed by atoms with Gasteiger partial charge in [0.15, 0.2) is 0 Å². The van der Waals surface area contributed by atoms with Gasteiger partial charge in [0.25, 0.3) is 0 Å². The average Bonchev–Trinajstić information content (AvgIpc) is 2.69. The van der Waals surface area contributed by atoms with E-state index >= 15 is 0 Å². The fourth-order valence-corrected chi connectivity index (χ4v) is 2.71. The third-order valence-corrected chi connectivity index (χ3v) is 3.81. The first-order valence-corrected chi connectivity index (χ1v) is 7.32. The summed E-state index contributed by atoms with van der Waals surface area (Å²) >= 11 is 0. The Morgan fingerprint density at radius 2 is 1.89 bits per heavy atom. The van der Waals surface area contributed by atoms with E-state index in [9.17, 15) is 9.18 Å². The number of carbonyl (C=O) groups is 1. The van der Waals surface area contributed by atoms with Crippen molar-refractivity contribution in [3.8, 4) is 0 Å². The molecule has 0 spiro atoms. The first kappa shape index (κ1) is 14.0. The lowest BCUT2D eigenvalue weighted by Crippen LogP contribution is -2.11. The number of hydrogen-bond acceptors (Lipinski definition) is 1. The molecule has 104 valence electrons. The summed E-state index contributed by atoms with van der Waals surface area (Å²) in [5.74, 6) is -0.394. The topological polar surface area (TPSA) is 29.1 Å². The third-order valence-electron chi connectivity index (χ3n) is 3.81. The zero-order valence-electron chi connectivity index (χ0n) is 11.5. The zero-order chi connectivity index (χ0) is 13.7. The van der Waals surface area contributed by atoms with Crippen LogP contribution in [0.2, 0.25) is 0 Å². The molecule has 0 fully saturated rings. The molecule has 1 aromatic rings. The van der Waals surface area contributed by atoms with Crippen LogP contribution in [0.1, 0.15) is 63.4 Å². The molecule has 1 heterocycles. The molecule has 1 atom stereocenters. The lowest BCUT2D eigenvalue weighted by Gasteiger charge is -2.08. The Balaban J connectivity index is 1.84. The minimum atomic E-state index is -0.261. The van der Waals surface area contributed by atoms with Crippen LogP contribution in [-0.2, 0) is 4.79 Å². The van der Waals surface area contributed by atoms with Gasteiger partial charge in [-0.25, -0.2) is 4.39 Å². The van der Waals surface area contributed by atoms with Gasteiger partial charge >= 0.3 is 0 Å². The summed E-state index contributed by atoms with van der Waals surface area (Å²) in [7, 11) is 0. The summed E-state index contributed by atoms with van der Waals surface area (Å²) in [6.45, 7) is 2.20. The van der Waals surface area contributed by atoms with Crippen LogP contribution in [0.3, 0.4) is 0 Å². The number of halogens is 1. The lowest BCUT2D eigenvalue weighted by molar-refractivity contribution is -0.117. The number of anilines is 1. The summed E-state index contributed by atoms with van der Waals surface area (Å²) in [4.78, 5) is 11.9. The van der Waals surface area contributed by atoms with E-state index < -0.39 is 0 Å². The van der Waals surface area contributed by atoms with Crippen molar-refractivity contribution in [2.75, 3.05) is 5.32 Å². The van der Waals surface area contributed by atoms with Gasteiger partial charge in [0.05, 0.1) is 5.92 Å². The number of nitrogens with one attached hydrogen (secondary N) is 1. The number of unbranched alkanes of at least 4 members (excludes halogenated alkanes) is 5. The summed E-state index contributed by atoms with van der Waals surface area (Å²) in [5, 5.41) is 2.83. The highest BCUT2D eigenvalue weighted by molar-refractivity contribution is 6.02. The standard InChI is InChI=1S/C16H22FNO/c1-2-3-4-5-6-7-8-13-14-11-12(17)9-10-15(14)18-16(13)19/h9-11,13H,2-8H2,1H3,(H,18,19). The van der Waals surface area contributed by atoms with Crippen molar-refractivity contribution in [1.29, 1.82) is 0 Å². The second kappa shape index (κ2) is 6.69. The van der Waals surface area contributed by atoms with Gasteiger partial charge in [0.2, 0.25) is 5.91 Å². The number of amides is 1. The predicted octanol–water partition coefficient (Wildman–Crippen LogP) is 4.61. The molecule has 0 bridgehead atoms. The van der Waals surface area contributed by atoms with Gasteiger partial charge in [-0.05, 0) is 30.2 Å². The van der Waals surface area contributed by atoms with Crippen molar-refractivity contribution in [2.24, 2.45) is 0 Å². The van der Waals surface area contributed by atoms with Gasteiger partial charge in [0, 0.05) is 5.69 Å². The number of rotatable bonds is 7. The molecule has 1 aliphatic rings. The van der Waals surface area contributed by atoms with E-state index in [1.807, 2.05) is 0 Å². The average molecular weight is 263 g/mol. The van der Waals surface area contributed by atoms with E-state index in [0.717, 1.165) is 30.5 Å². The maximum atomic E-state index is 13.3. The van der Waals surface area contributed by atoms with Crippen LogP contribution in [0.25, 0.3) is 0 Å². The molecular formula is C16H22FNO. The second-order valence-corrected chi connectivity index (χ2v) is 5.33. The van der Waals surface area contributed by atoms with E-state index in [0.29, 0.717) is 0 Å². The van der Waals surface area contributed by atoms with Crippen molar-refractivity contribution in [3.63, 3.8) is 0 Å². The van der Waals surface area contributed by atoms with E-state index in [1.54, 1.807) is 6.07 Å². The van der Waals surface area contributed by atoms with Crippen molar-refractivity contribution in [3.05, 3.63) is 29.6 Å². The van der Waals surface area contributed by atoms with E-state index in [2.05, 4.69) is 12.2 Å². The van der Waals surface area contributed by atoms with Crippen molar-refractivity contribution in [2.45, 2.75) is 57.8 Å². The highest BCUT2D eigenvalue weighted by Gasteiger charge is 2.30. The van der Waals surface area contributed by atoms with E-state index in [4.69, 9.17) is 0 Å². The Morgan fingerprint density at radius 1 is 1.16 bits per heavy atom. The monoisotopic (exact) mass is 263 g/mol. The molecule has 1 unspecified atom stereocenters. The summed E-state index contributed by atoms with van der Waals surface area (Å²) in [6, 6.07) is 4.55. The Kier molecular flexibility index (Phi) is 4.94. The molecule has 3 heteroatoms. The molecule has 1 aliphatic heterocycles. The molecule has 0 saturated heterocycles. The van der Waals surface area contributed by atoms with Crippen molar-refractivity contribution >= 4 is 11.6 Å². The van der Waals surface area contributed by atoms with Crippen LogP contribution in [0.5, 0.6) is 0 Å². The number of carbonyl (C=O) groups excluding carboxylic acids is 1. The summed E-state index contributed by atoms with van der Waals surface area (Å²) < 4.78 is 13.3. The Labute approximate surface area is 114 Å². The molecule has 1 aromatic carbocycles. The second-order valence-electron chi connectivity index (χ2n) is 5.33. The van der Waals surface area contributed by atoms with Crippen LogP contribution in [0.15, 0.2) is 18.2 Å². The van der Waals surface area contributed by atoms with Gasteiger partial charge in [-0.1, -0.05) is 45.4 Å². The first-order chi connectivity index (χ1) is 9.22. The van der Waals surface area contributed by atoms with Crippen LogP contribution in [0.4, 0.5) is 10.1 Å². The fraction of sp³-hybridized carbons (Fsp3) is 0.562. The molecule has 0 aromatic heterocycles. The van der Waals surface area contributed by atoms with Crippen molar-refractivity contribution in [1.82, 2.24) is 0 Å². The lowest BCUT2D eigenvalue weighted by atomic mass is 9.94. The molecule has 0 saturated carbocycles. The minimum absolute atomic E-state index is 0.0224. The predicted molar refractivity (Wildman–Crippen MR) is 75.8 cm³/mol. The minimum Gasteiger partial charge on any atom is -0.325 e. The van der Waals surface area contributed by atoms with Crippen LogP contribution < -0.4 is 5.32 Å². The maximum absolute atomic E-state index is 13.3. The molecule has 2 rings (SSSR count). The number of benzene rings is 1. The Bertz CT molecular complexity index is 444. The largest absolute Gasteiger partial charge is 0.325 e. The molecular weight excluding hydrogens is 241 g/mol. The smallest absolute Gasteiger partial charge is 0.232 e. The number of fused-ring (bicyclic) bond motifs is 1. The van der Waals surface area contributed by atoms with E-state index in [1.165, 1.54) is 37.8 Å². The van der Waals surface area contributed by atoms with Crippen molar-refractivity contribution < 1.29 is 9.18 Å². The van der Waals surface area contributed by atoms with Gasteiger partial charge in [-0.15, -0.1) is 0 Å². The highest BCUT2D eigenvalue weighted by atomic mass is 19.1. The fourth-order valence-electron chi connectivity index (χ4n) is 2.71. The normalized spacial score (nSPS) is 17.4. The zero-order valence-corrected chi connectivity index (χ0v) is 11.5. The maximum Gasteiger partial charge on any atom is 0.232 e. The molecule has 0 aliphatic carbocycles. The Hall–Kier alpha value is -1.38. The van der Waals surface area contributed by atoms with Crippen LogP contribution in [-0.4, -0.2) is 5.91 Å². The highest BCUT2D eigenvalue weighted by Crippen LogP contribution is 2.36. The molecule has 19 heavy (non-hydrogen) atoms. The molecule has 1 N–H and O–H groups in total. The van der Waals surface area contributed by atoms with Gasteiger partial charge in [-0.3, -0.25) is 4.79 Å². The quantitative estimate of drug-likeness (QED) is 0.715. The van der Waals surface area contributed by atoms with E-state index in [-0.39, 0.29) is 17.6 Å². The van der Waals surface area contributed by atoms with Gasteiger partial charge < -0.3 is 5.32 Å². The number of hydrogen-bond donors (Lipinski definition) is 1. The molecule has 1 amide bonds. The van der Waals surface area contributed by atoms with Gasteiger partial charge in [0.1, 0.15) is 5.82 Å². The van der Waals surface area contributed by atoms with Gasteiger partial charge in [-0.2, -0.15) is 0 Å². The summed E-state index contributed by atoms with van der Waals surface area (Å²) in [5.41, 5.74) is 1.61. The SMILES string of the molecule is CCCCCCCCC1C(=O)Nc2ccc(F)cc21. The van der Waals surface area contributed by atoms with Crippen LogP contribution >= 0.6 is 0 Å². The van der Waals surface area contributed by atoms with Crippen LogP contribution in [0, 0.1) is 5.82 Å². The molecule has 0 radical (unpaired) electrons. The Morgan fingerprint density at radius 3 is 2.68 bits per heavy atom. The first-order valence-electron chi connectivity index (χ1n) is 7.32.